The Morgan fingerprint density at radius 1 is 1.21 bits per heavy atom. The van der Waals surface area contributed by atoms with Gasteiger partial charge in [-0.25, -0.2) is 8.78 Å². The summed E-state index contributed by atoms with van der Waals surface area (Å²) in [5, 5.41) is 3.38. The Kier molecular flexibility index (Phi) is 7.54. The minimum atomic E-state index is -0.472. The Bertz CT molecular complexity index is 388. The Balaban J connectivity index is 2.79. The second-order valence-corrected chi connectivity index (χ2v) is 5.67. The van der Waals surface area contributed by atoms with Crippen LogP contribution in [0.15, 0.2) is 16.6 Å². The van der Waals surface area contributed by atoms with E-state index in [-0.39, 0.29) is 11.6 Å². The van der Waals surface area contributed by atoms with Crippen molar-refractivity contribution < 1.29 is 8.78 Å². The predicted molar refractivity (Wildman–Crippen MR) is 79.4 cm³/mol. The number of benzene rings is 1. The molecule has 1 unspecified atom stereocenters. The zero-order valence-corrected chi connectivity index (χ0v) is 13.2. The van der Waals surface area contributed by atoms with Crippen LogP contribution in [0, 0.1) is 11.6 Å². The molecule has 1 rings (SSSR count). The van der Waals surface area contributed by atoms with Gasteiger partial charge in [-0.05, 0) is 53.9 Å². The Labute approximate surface area is 122 Å². The van der Waals surface area contributed by atoms with E-state index < -0.39 is 11.6 Å². The van der Waals surface area contributed by atoms with Crippen LogP contribution in [0.25, 0.3) is 0 Å². The molecule has 0 saturated heterocycles. The van der Waals surface area contributed by atoms with Crippen molar-refractivity contribution in [3.05, 3.63) is 33.8 Å². The molecule has 1 aromatic carbocycles. The van der Waals surface area contributed by atoms with Gasteiger partial charge in [0, 0.05) is 11.6 Å². The molecular weight excluding hydrogens is 312 g/mol. The lowest BCUT2D eigenvalue weighted by molar-refractivity contribution is 0.442. The van der Waals surface area contributed by atoms with Crippen molar-refractivity contribution in [1.82, 2.24) is 5.32 Å². The average molecular weight is 334 g/mol. The molecule has 0 radical (unpaired) electrons. The third-order valence-corrected chi connectivity index (χ3v) is 3.79. The van der Waals surface area contributed by atoms with Gasteiger partial charge in [-0.15, -0.1) is 0 Å². The summed E-state index contributed by atoms with van der Waals surface area (Å²) in [6.07, 6.45) is 4.53. The molecule has 19 heavy (non-hydrogen) atoms. The van der Waals surface area contributed by atoms with Crippen LogP contribution in [0.3, 0.4) is 0 Å². The fourth-order valence-corrected chi connectivity index (χ4v) is 2.45. The number of rotatable bonds is 8. The lowest BCUT2D eigenvalue weighted by Crippen LogP contribution is -2.32. The van der Waals surface area contributed by atoms with Gasteiger partial charge in [0.1, 0.15) is 11.6 Å². The molecule has 0 spiro atoms. The molecule has 1 aromatic rings. The van der Waals surface area contributed by atoms with Gasteiger partial charge in [0.05, 0.1) is 4.47 Å². The van der Waals surface area contributed by atoms with Gasteiger partial charge in [0.15, 0.2) is 0 Å². The van der Waals surface area contributed by atoms with E-state index in [1.165, 1.54) is 12.1 Å². The second kappa shape index (κ2) is 8.64. The van der Waals surface area contributed by atoms with Gasteiger partial charge < -0.3 is 5.32 Å². The summed E-state index contributed by atoms with van der Waals surface area (Å²) in [4.78, 5) is 0. The van der Waals surface area contributed by atoms with E-state index in [9.17, 15) is 8.78 Å². The normalized spacial score (nSPS) is 12.7. The Morgan fingerprint density at radius 2 is 1.95 bits per heavy atom. The molecule has 0 aromatic heterocycles. The van der Waals surface area contributed by atoms with Crippen molar-refractivity contribution in [1.29, 1.82) is 0 Å². The van der Waals surface area contributed by atoms with Gasteiger partial charge in [0.2, 0.25) is 0 Å². The lowest BCUT2D eigenvalue weighted by Gasteiger charge is -2.19. The first-order valence-corrected chi connectivity index (χ1v) is 7.75. The Hall–Kier alpha value is -0.480. The van der Waals surface area contributed by atoms with E-state index in [4.69, 9.17) is 0 Å². The molecule has 1 N–H and O–H groups in total. The Morgan fingerprint density at radius 3 is 2.58 bits per heavy atom. The molecule has 0 aliphatic rings. The minimum Gasteiger partial charge on any atom is -0.314 e. The van der Waals surface area contributed by atoms with Gasteiger partial charge >= 0.3 is 0 Å². The highest BCUT2D eigenvalue weighted by Crippen LogP contribution is 2.23. The summed E-state index contributed by atoms with van der Waals surface area (Å²) in [6, 6.07) is 2.87. The van der Waals surface area contributed by atoms with Gasteiger partial charge in [0.25, 0.3) is 0 Å². The van der Waals surface area contributed by atoms with E-state index in [1.807, 2.05) is 0 Å². The molecule has 0 aliphatic heterocycles. The van der Waals surface area contributed by atoms with E-state index in [0.717, 1.165) is 32.2 Å². The van der Waals surface area contributed by atoms with Crippen LogP contribution in [-0.4, -0.2) is 12.6 Å². The van der Waals surface area contributed by atoms with Crippen LogP contribution in [0.1, 0.15) is 45.1 Å². The van der Waals surface area contributed by atoms with Crippen LogP contribution in [0.2, 0.25) is 0 Å². The maximum atomic E-state index is 14.0. The molecule has 0 fully saturated rings. The molecule has 0 aliphatic carbocycles. The van der Waals surface area contributed by atoms with E-state index in [0.29, 0.717) is 10.9 Å². The van der Waals surface area contributed by atoms with Gasteiger partial charge in [-0.1, -0.05) is 26.7 Å². The zero-order valence-electron chi connectivity index (χ0n) is 11.6. The fraction of sp³-hybridized carbons (Fsp3) is 0.600. The standard InChI is InChI=1S/C15H22BrF2N/c1-3-5-6-11(19-9-4-2)10-12-14(17)8-7-13(16)15(12)18/h7-8,11,19H,3-6,9-10H2,1-2H3. The summed E-state index contributed by atoms with van der Waals surface area (Å²) in [6.45, 7) is 5.09. The van der Waals surface area contributed by atoms with Crippen molar-refractivity contribution in [3.63, 3.8) is 0 Å². The number of halogens is 3. The summed E-state index contributed by atoms with van der Waals surface area (Å²) in [7, 11) is 0. The van der Waals surface area contributed by atoms with Crippen LogP contribution < -0.4 is 5.32 Å². The summed E-state index contributed by atoms with van der Waals surface area (Å²) >= 11 is 3.11. The van der Waals surface area contributed by atoms with Crippen molar-refractivity contribution in [2.75, 3.05) is 6.54 Å². The molecule has 0 heterocycles. The number of nitrogens with one attached hydrogen (secondary N) is 1. The predicted octanol–water partition coefficient (Wildman–Crippen LogP) is 4.83. The van der Waals surface area contributed by atoms with Crippen LogP contribution >= 0.6 is 15.9 Å². The first-order chi connectivity index (χ1) is 9.10. The SMILES string of the molecule is CCCCC(Cc1c(F)ccc(Br)c1F)NCCC. The molecule has 0 amide bonds. The van der Waals surface area contributed by atoms with Crippen molar-refractivity contribution in [2.45, 2.75) is 52.0 Å². The largest absolute Gasteiger partial charge is 0.314 e. The average Bonchev–Trinajstić information content (AvgIpc) is 2.41. The van der Waals surface area contributed by atoms with Crippen molar-refractivity contribution in [3.8, 4) is 0 Å². The first-order valence-electron chi connectivity index (χ1n) is 6.95. The summed E-state index contributed by atoms with van der Waals surface area (Å²) in [5.74, 6) is -0.930. The molecule has 1 atom stereocenters. The highest BCUT2D eigenvalue weighted by molar-refractivity contribution is 9.10. The van der Waals surface area contributed by atoms with Gasteiger partial charge in [-0.2, -0.15) is 0 Å². The smallest absolute Gasteiger partial charge is 0.143 e. The fourth-order valence-electron chi connectivity index (χ4n) is 2.08. The third kappa shape index (κ3) is 5.19. The number of unbranched alkanes of at least 4 members (excludes halogenated alkanes) is 1. The van der Waals surface area contributed by atoms with Crippen LogP contribution in [-0.2, 0) is 6.42 Å². The maximum absolute atomic E-state index is 14.0. The molecule has 108 valence electrons. The van der Waals surface area contributed by atoms with Gasteiger partial charge in [-0.3, -0.25) is 0 Å². The maximum Gasteiger partial charge on any atom is 0.143 e. The molecule has 0 bridgehead atoms. The zero-order chi connectivity index (χ0) is 14.3. The molecule has 1 nitrogen and oxygen atoms in total. The van der Waals surface area contributed by atoms with Crippen LogP contribution in [0.4, 0.5) is 8.78 Å². The monoisotopic (exact) mass is 333 g/mol. The first kappa shape index (κ1) is 16.6. The van der Waals surface area contributed by atoms with Crippen LogP contribution in [0.5, 0.6) is 0 Å². The second-order valence-electron chi connectivity index (χ2n) is 4.82. The topological polar surface area (TPSA) is 12.0 Å². The lowest BCUT2D eigenvalue weighted by atomic mass is 10.00. The number of hydrogen-bond acceptors (Lipinski definition) is 1. The van der Waals surface area contributed by atoms with E-state index >= 15 is 0 Å². The number of hydrogen-bond donors (Lipinski definition) is 1. The third-order valence-electron chi connectivity index (χ3n) is 3.18. The molecule has 0 saturated carbocycles. The van der Waals surface area contributed by atoms with E-state index in [2.05, 4.69) is 35.1 Å². The highest BCUT2D eigenvalue weighted by Gasteiger charge is 2.17. The molecular formula is C15H22BrF2N. The highest BCUT2D eigenvalue weighted by atomic mass is 79.9. The minimum absolute atomic E-state index is 0.137. The summed E-state index contributed by atoms with van der Waals surface area (Å²) < 4.78 is 28.0. The molecule has 4 heteroatoms. The van der Waals surface area contributed by atoms with Crippen molar-refractivity contribution >= 4 is 15.9 Å². The summed E-state index contributed by atoms with van der Waals surface area (Å²) in [5.41, 5.74) is 0.180. The van der Waals surface area contributed by atoms with E-state index in [1.54, 1.807) is 0 Å². The quantitative estimate of drug-likeness (QED) is 0.672. The van der Waals surface area contributed by atoms with Crippen molar-refractivity contribution in [2.24, 2.45) is 0 Å².